The molecule has 23 heavy (non-hydrogen) atoms. The Balaban J connectivity index is 1.65. The second-order valence-electron chi connectivity index (χ2n) is 5.24. The lowest BCUT2D eigenvalue weighted by molar-refractivity contribution is 0.171. The number of amides is 2. The number of hydrogen-bond donors (Lipinski definition) is 1. The van der Waals surface area contributed by atoms with Crippen LogP contribution in [0.3, 0.4) is 0 Å². The number of nitrogens with zero attached hydrogens (tertiary/aromatic N) is 1. The van der Waals surface area contributed by atoms with Crippen molar-refractivity contribution in [1.82, 2.24) is 4.90 Å². The van der Waals surface area contributed by atoms with E-state index in [0.29, 0.717) is 31.3 Å². The number of benzene rings is 2. The zero-order chi connectivity index (χ0) is 16.2. The topological polar surface area (TPSA) is 50.8 Å². The van der Waals surface area contributed by atoms with Gasteiger partial charge < -0.3 is 19.7 Å². The van der Waals surface area contributed by atoms with Crippen molar-refractivity contribution in [3.8, 4) is 11.5 Å². The van der Waals surface area contributed by atoms with Crippen molar-refractivity contribution in [2.24, 2.45) is 0 Å². The Bertz CT molecular complexity index is 721. The van der Waals surface area contributed by atoms with Crippen LogP contribution in [0.1, 0.15) is 5.56 Å². The number of rotatable bonds is 3. The monoisotopic (exact) mass is 316 g/mol. The predicted molar refractivity (Wildman–Crippen MR) is 84.3 cm³/mol. The van der Waals surface area contributed by atoms with Crippen LogP contribution in [0.4, 0.5) is 14.9 Å². The third-order valence-electron chi connectivity index (χ3n) is 3.49. The van der Waals surface area contributed by atoms with E-state index in [2.05, 4.69) is 5.32 Å². The number of ether oxygens (including phenoxy) is 2. The van der Waals surface area contributed by atoms with Gasteiger partial charge in [-0.25, -0.2) is 9.18 Å². The predicted octanol–water partition coefficient (Wildman–Crippen LogP) is 3.26. The summed E-state index contributed by atoms with van der Waals surface area (Å²) in [5.74, 6) is 0.920. The van der Waals surface area contributed by atoms with Crippen LogP contribution < -0.4 is 14.8 Å². The molecule has 0 atom stereocenters. The van der Waals surface area contributed by atoms with Gasteiger partial charge in [0.25, 0.3) is 0 Å². The number of fused-ring (bicyclic) bond motifs is 1. The zero-order valence-electron chi connectivity index (χ0n) is 12.7. The number of para-hydroxylation sites is 1. The van der Waals surface area contributed by atoms with Gasteiger partial charge >= 0.3 is 6.03 Å². The molecule has 5 nitrogen and oxygen atoms in total. The van der Waals surface area contributed by atoms with Gasteiger partial charge in [-0.2, -0.15) is 0 Å². The van der Waals surface area contributed by atoms with Crippen LogP contribution in [0.25, 0.3) is 0 Å². The van der Waals surface area contributed by atoms with Crippen molar-refractivity contribution in [3.05, 3.63) is 53.8 Å². The van der Waals surface area contributed by atoms with Crippen molar-refractivity contribution >= 4 is 11.7 Å². The number of hydrogen-bond acceptors (Lipinski definition) is 3. The van der Waals surface area contributed by atoms with Crippen LogP contribution in [0, 0.1) is 5.82 Å². The van der Waals surface area contributed by atoms with E-state index < -0.39 is 5.82 Å². The first-order valence-electron chi connectivity index (χ1n) is 7.28. The van der Waals surface area contributed by atoms with Crippen LogP contribution in [-0.2, 0) is 6.54 Å². The Hall–Kier alpha value is -2.76. The highest BCUT2D eigenvalue weighted by Gasteiger charge is 2.15. The van der Waals surface area contributed by atoms with E-state index in [4.69, 9.17) is 9.47 Å². The van der Waals surface area contributed by atoms with E-state index in [1.807, 2.05) is 18.2 Å². The summed E-state index contributed by atoms with van der Waals surface area (Å²) in [7, 11) is 1.65. The lowest BCUT2D eigenvalue weighted by atomic mass is 10.2. The van der Waals surface area contributed by atoms with E-state index >= 15 is 0 Å². The number of urea groups is 1. The average Bonchev–Trinajstić information content (AvgIpc) is 2.56. The molecule has 0 saturated carbocycles. The summed E-state index contributed by atoms with van der Waals surface area (Å²) in [6, 6.07) is 11.2. The lowest BCUT2D eigenvalue weighted by Gasteiger charge is -2.21. The van der Waals surface area contributed by atoms with Crippen LogP contribution in [0.5, 0.6) is 11.5 Å². The van der Waals surface area contributed by atoms with Gasteiger partial charge in [0.1, 0.15) is 19.0 Å². The smallest absolute Gasteiger partial charge is 0.321 e. The molecule has 6 heteroatoms. The van der Waals surface area contributed by atoms with Crippen LogP contribution >= 0.6 is 0 Å². The van der Waals surface area contributed by atoms with Gasteiger partial charge in [0, 0.05) is 13.6 Å². The maximum atomic E-state index is 13.6. The van der Waals surface area contributed by atoms with Crippen molar-refractivity contribution in [2.75, 3.05) is 25.6 Å². The molecular weight excluding hydrogens is 299 g/mol. The molecule has 0 saturated heterocycles. The molecule has 0 radical (unpaired) electrons. The van der Waals surface area contributed by atoms with Gasteiger partial charge in [-0.3, -0.25) is 0 Å². The Kier molecular flexibility index (Phi) is 4.32. The minimum absolute atomic E-state index is 0.159. The summed E-state index contributed by atoms with van der Waals surface area (Å²) in [5, 5.41) is 2.55. The summed E-state index contributed by atoms with van der Waals surface area (Å²) >= 11 is 0. The molecular formula is C17H17FN2O3. The summed E-state index contributed by atoms with van der Waals surface area (Å²) < 4.78 is 24.6. The fourth-order valence-corrected chi connectivity index (χ4v) is 2.30. The number of carbonyl (C=O) groups is 1. The second-order valence-corrected chi connectivity index (χ2v) is 5.24. The third kappa shape index (κ3) is 3.53. The molecule has 2 aromatic carbocycles. The number of carbonyl (C=O) groups excluding carboxylic acids is 1. The van der Waals surface area contributed by atoms with Gasteiger partial charge in [0.15, 0.2) is 11.5 Å². The van der Waals surface area contributed by atoms with E-state index in [1.165, 1.54) is 17.0 Å². The number of halogens is 1. The molecule has 1 aliphatic heterocycles. The number of anilines is 1. The molecule has 120 valence electrons. The molecule has 0 spiro atoms. The Morgan fingerprint density at radius 1 is 1.17 bits per heavy atom. The summed E-state index contributed by atoms with van der Waals surface area (Å²) in [5.41, 5.74) is 1.06. The zero-order valence-corrected chi connectivity index (χ0v) is 12.7. The van der Waals surface area contributed by atoms with Crippen LogP contribution in [-0.4, -0.2) is 31.2 Å². The van der Waals surface area contributed by atoms with Crippen LogP contribution in [0.15, 0.2) is 42.5 Å². The third-order valence-corrected chi connectivity index (χ3v) is 3.49. The van der Waals surface area contributed by atoms with Crippen molar-refractivity contribution in [2.45, 2.75) is 6.54 Å². The highest BCUT2D eigenvalue weighted by atomic mass is 19.1. The summed E-state index contributed by atoms with van der Waals surface area (Å²) in [6.07, 6.45) is 0. The molecule has 0 aromatic heterocycles. The summed E-state index contributed by atoms with van der Waals surface area (Å²) in [4.78, 5) is 13.6. The SMILES string of the molecule is CN(Cc1ccc2c(c1)OCCO2)C(=O)Nc1ccccc1F. The van der Waals surface area contributed by atoms with Crippen LogP contribution in [0.2, 0.25) is 0 Å². The van der Waals surface area contributed by atoms with E-state index in [0.717, 1.165) is 5.56 Å². The van der Waals surface area contributed by atoms with E-state index in [9.17, 15) is 9.18 Å². The molecule has 0 bridgehead atoms. The first-order chi connectivity index (χ1) is 11.1. The van der Waals surface area contributed by atoms with Gasteiger partial charge in [0.05, 0.1) is 5.69 Å². The van der Waals surface area contributed by atoms with E-state index in [-0.39, 0.29) is 11.7 Å². The Labute approximate surface area is 133 Å². The van der Waals surface area contributed by atoms with Crippen molar-refractivity contribution in [3.63, 3.8) is 0 Å². The highest BCUT2D eigenvalue weighted by Crippen LogP contribution is 2.31. The average molecular weight is 316 g/mol. The molecule has 3 rings (SSSR count). The molecule has 2 aromatic rings. The fraction of sp³-hybridized carbons (Fsp3) is 0.235. The quantitative estimate of drug-likeness (QED) is 0.945. The van der Waals surface area contributed by atoms with Gasteiger partial charge in [-0.15, -0.1) is 0 Å². The minimum Gasteiger partial charge on any atom is -0.486 e. The number of nitrogens with one attached hydrogen (secondary N) is 1. The van der Waals surface area contributed by atoms with Gasteiger partial charge in [-0.05, 0) is 29.8 Å². The van der Waals surface area contributed by atoms with E-state index in [1.54, 1.807) is 19.2 Å². The molecule has 1 N–H and O–H groups in total. The van der Waals surface area contributed by atoms with Gasteiger partial charge in [0.2, 0.25) is 0 Å². The minimum atomic E-state index is -0.464. The van der Waals surface area contributed by atoms with Crippen molar-refractivity contribution in [1.29, 1.82) is 0 Å². The fourth-order valence-electron chi connectivity index (χ4n) is 2.30. The molecule has 2 amide bonds. The standard InChI is InChI=1S/C17H17FN2O3/c1-20(17(21)19-14-5-3-2-4-13(14)18)11-12-6-7-15-16(10-12)23-9-8-22-15/h2-7,10H,8-9,11H2,1H3,(H,19,21). The second kappa shape index (κ2) is 6.56. The molecule has 0 aliphatic carbocycles. The van der Waals surface area contributed by atoms with Crippen molar-refractivity contribution < 1.29 is 18.7 Å². The highest BCUT2D eigenvalue weighted by molar-refractivity contribution is 5.89. The molecule has 1 aliphatic rings. The summed E-state index contributed by atoms with van der Waals surface area (Å²) in [6.45, 7) is 1.42. The molecule has 0 fully saturated rings. The molecule has 1 heterocycles. The Morgan fingerprint density at radius 2 is 1.91 bits per heavy atom. The maximum Gasteiger partial charge on any atom is 0.321 e. The molecule has 0 unspecified atom stereocenters. The normalized spacial score (nSPS) is 12.6. The first-order valence-corrected chi connectivity index (χ1v) is 7.28. The first kappa shape index (κ1) is 15.1. The van der Waals surface area contributed by atoms with Gasteiger partial charge in [-0.1, -0.05) is 18.2 Å². The largest absolute Gasteiger partial charge is 0.486 e. The lowest BCUT2D eigenvalue weighted by Crippen LogP contribution is -2.31. The Morgan fingerprint density at radius 3 is 2.70 bits per heavy atom. The maximum absolute atomic E-state index is 13.6.